The minimum Gasteiger partial charge on any atom is -0.497 e. The average Bonchev–Trinajstić information content (AvgIpc) is 2.92. The molecule has 0 spiro atoms. The molecule has 1 aliphatic rings. The Morgan fingerprint density at radius 1 is 1.31 bits per heavy atom. The van der Waals surface area contributed by atoms with Gasteiger partial charge in [0.15, 0.2) is 9.84 Å². The molecule has 1 aromatic carbocycles. The van der Waals surface area contributed by atoms with Crippen molar-refractivity contribution >= 4 is 15.7 Å². The van der Waals surface area contributed by atoms with E-state index in [4.69, 9.17) is 4.74 Å². The number of nitrogens with one attached hydrogen (secondary N) is 1. The predicted molar refractivity (Wildman–Crippen MR) is 89.5 cm³/mol. The summed E-state index contributed by atoms with van der Waals surface area (Å²) in [5, 5.41) is 1.83. The maximum atomic E-state index is 12.3. The fourth-order valence-corrected chi connectivity index (χ4v) is 4.54. The van der Waals surface area contributed by atoms with Crippen LogP contribution in [-0.4, -0.2) is 63.1 Å². The van der Waals surface area contributed by atoms with Crippen LogP contribution < -0.4 is 10.1 Å². The lowest BCUT2D eigenvalue weighted by molar-refractivity contribution is -0.139. The summed E-state index contributed by atoms with van der Waals surface area (Å²) >= 11 is 0. The largest absolute Gasteiger partial charge is 0.497 e. The third kappa shape index (κ3) is 6.49. The first-order chi connectivity index (χ1) is 12.1. The number of rotatable bonds is 7. The van der Waals surface area contributed by atoms with Crippen molar-refractivity contribution in [2.45, 2.75) is 25.2 Å². The number of carbonyl (C=O) groups excluding carboxylic acids is 1. The highest BCUT2D eigenvalue weighted by atomic mass is 32.2. The monoisotopic (exact) mass is 394 g/mol. The molecule has 1 saturated heterocycles. The topological polar surface area (TPSA) is 75.7 Å². The molecule has 0 saturated carbocycles. The van der Waals surface area contributed by atoms with Gasteiger partial charge >= 0.3 is 6.18 Å². The molecule has 6 nitrogen and oxygen atoms in total. The molecule has 0 bridgehead atoms. The highest BCUT2D eigenvalue weighted by Crippen LogP contribution is 2.21. The normalized spacial score (nSPS) is 19.5. The van der Waals surface area contributed by atoms with E-state index in [1.807, 2.05) is 5.32 Å². The van der Waals surface area contributed by atoms with E-state index in [0.717, 1.165) is 5.56 Å². The number of methoxy groups -OCH3 is 1. The summed E-state index contributed by atoms with van der Waals surface area (Å²) in [7, 11) is -1.66. The lowest BCUT2D eigenvalue weighted by Crippen LogP contribution is -2.45. The zero-order valence-electron chi connectivity index (χ0n) is 14.3. The van der Waals surface area contributed by atoms with Crippen molar-refractivity contribution < 1.29 is 31.1 Å². The Bertz CT molecular complexity index is 720. The number of ether oxygens (including phenoxy) is 1. The molecule has 1 fully saturated rings. The predicted octanol–water partition coefficient (Wildman–Crippen LogP) is 1.36. The second-order valence-electron chi connectivity index (χ2n) is 6.20. The van der Waals surface area contributed by atoms with Crippen LogP contribution in [0.15, 0.2) is 24.3 Å². The Labute approximate surface area is 150 Å². The summed E-state index contributed by atoms with van der Waals surface area (Å²) in [6.45, 7) is -1.46. The first-order valence-corrected chi connectivity index (χ1v) is 9.81. The lowest BCUT2D eigenvalue weighted by Gasteiger charge is -2.27. The second-order valence-corrected chi connectivity index (χ2v) is 8.43. The Kier molecular flexibility index (Phi) is 6.51. The minimum absolute atomic E-state index is 0.0148. The molecule has 1 aromatic rings. The fourth-order valence-electron chi connectivity index (χ4n) is 2.78. The van der Waals surface area contributed by atoms with E-state index in [-0.39, 0.29) is 24.6 Å². The number of amides is 1. The van der Waals surface area contributed by atoms with Crippen LogP contribution in [0.2, 0.25) is 0 Å². The Hall–Kier alpha value is -1.81. The van der Waals surface area contributed by atoms with Gasteiger partial charge < -0.3 is 10.1 Å². The van der Waals surface area contributed by atoms with E-state index < -0.39 is 34.5 Å². The standard InChI is InChI=1S/C16H21F3N2O4S/c1-25-14-4-2-12(3-5-14)8-21(13-6-7-26(23,24)10-13)9-15(22)20-11-16(17,18)19/h2-5,13H,6-11H2,1H3,(H,20,22). The fraction of sp³-hybridized carbons (Fsp3) is 0.562. The molecule has 1 N–H and O–H groups in total. The van der Waals surface area contributed by atoms with Gasteiger partial charge in [-0.05, 0) is 24.1 Å². The third-order valence-electron chi connectivity index (χ3n) is 4.10. The van der Waals surface area contributed by atoms with E-state index in [2.05, 4.69) is 0 Å². The molecule has 0 radical (unpaired) electrons. The molecular formula is C16H21F3N2O4S. The van der Waals surface area contributed by atoms with Gasteiger partial charge in [-0.3, -0.25) is 9.69 Å². The SMILES string of the molecule is COc1ccc(CN(CC(=O)NCC(F)(F)F)C2CCS(=O)(=O)C2)cc1. The molecule has 1 aliphatic heterocycles. The van der Waals surface area contributed by atoms with Gasteiger partial charge in [0, 0.05) is 12.6 Å². The third-order valence-corrected chi connectivity index (χ3v) is 5.85. The van der Waals surface area contributed by atoms with Crippen LogP contribution in [0, 0.1) is 0 Å². The van der Waals surface area contributed by atoms with E-state index in [9.17, 15) is 26.4 Å². The van der Waals surface area contributed by atoms with Gasteiger partial charge in [-0.25, -0.2) is 8.42 Å². The Morgan fingerprint density at radius 3 is 2.46 bits per heavy atom. The van der Waals surface area contributed by atoms with Crippen molar-refractivity contribution in [1.82, 2.24) is 10.2 Å². The maximum absolute atomic E-state index is 12.3. The summed E-state index contributed by atoms with van der Waals surface area (Å²) in [5.74, 6) is -0.233. The van der Waals surface area contributed by atoms with Crippen LogP contribution in [0.3, 0.4) is 0 Å². The second kappa shape index (κ2) is 8.26. The smallest absolute Gasteiger partial charge is 0.405 e. The van der Waals surface area contributed by atoms with Crippen molar-refractivity contribution in [2.75, 3.05) is 31.7 Å². The molecule has 1 heterocycles. The molecule has 1 amide bonds. The summed E-state index contributed by atoms with van der Waals surface area (Å²) in [6.07, 6.45) is -4.14. The summed E-state index contributed by atoms with van der Waals surface area (Å²) in [4.78, 5) is 13.5. The number of alkyl halides is 3. The minimum atomic E-state index is -4.49. The number of carbonyl (C=O) groups is 1. The van der Waals surface area contributed by atoms with Gasteiger partial charge in [0.2, 0.25) is 5.91 Å². The lowest BCUT2D eigenvalue weighted by atomic mass is 10.1. The van der Waals surface area contributed by atoms with E-state index in [1.54, 1.807) is 29.2 Å². The maximum Gasteiger partial charge on any atom is 0.405 e. The number of benzene rings is 1. The van der Waals surface area contributed by atoms with Crippen molar-refractivity contribution in [2.24, 2.45) is 0 Å². The van der Waals surface area contributed by atoms with E-state index in [1.165, 1.54) is 7.11 Å². The van der Waals surface area contributed by atoms with Gasteiger partial charge in [-0.2, -0.15) is 13.2 Å². The number of hydrogen-bond donors (Lipinski definition) is 1. The van der Waals surface area contributed by atoms with Crippen LogP contribution >= 0.6 is 0 Å². The number of halogens is 3. The van der Waals surface area contributed by atoms with Crippen LogP contribution in [-0.2, 0) is 21.2 Å². The first kappa shape index (κ1) is 20.5. The summed E-state index contributed by atoms with van der Waals surface area (Å²) in [5.41, 5.74) is 0.804. The quantitative estimate of drug-likeness (QED) is 0.756. The molecule has 1 atom stereocenters. The molecule has 0 aliphatic carbocycles. The van der Waals surface area contributed by atoms with Crippen molar-refractivity contribution in [3.8, 4) is 5.75 Å². The number of hydrogen-bond acceptors (Lipinski definition) is 5. The summed E-state index contributed by atoms with van der Waals surface area (Å²) in [6, 6.07) is 6.58. The Morgan fingerprint density at radius 2 is 1.96 bits per heavy atom. The van der Waals surface area contributed by atoms with E-state index in [0.29, 0.717) is 12.2 Å². The highest BCUT2D eigenvalue weighted by Gasteiger charge is 2.34. The van der Waals surface area contributed by atoms with Gasteiger partial charge in [-0.15, -0.1) is 0 Å². The molecule has 10 heteroatoms. The molecular weight excluding hydrogens is 373 g/mol. The van der Waals surface area contributed by atoms with Crippen LogP contribution in [0.1, 0.15) is 12.0 Å². The molecule has 146 valence electrons. The van der Waals surface area contributed by atoms with Crippen molar-refractivity contribution in [3.63, 3.8) is 0 Å². The zero-order chi connectivity index (χ0) is 19.4. The van der Waals surface area contributed by atoms with Crippen molar-refractivity contribution in [3.05, 3.63) is 29.8 Å². The van der Waals surface area contributed by atoms with Crippen LogP contribution in [0.5, 0.6) is 5.75 Å². The van der Waals surface area contributed by atoms with Gasteiger partial charge in [0.1, 0.15) is 12.3 Å². The van der Waals surface area contributed by atoms with Crippen molar-refractivity contribution in [1.29, 1.82) is 0 Å². The molecule has 26 heavy (non-hydrogen) atoms. The molecule has 1 unspecified atom stereocenters. The number of sulfone groups is 1. The van der Waals surface area contributed by atoms with Gasteiger partial charge in [0.25, 0.3) is 0 Å². The van der Waals surface area contributed by atoms with Gasteiger partial charge in [-0.1, -0.05) is 12.1 Å². The van der Waals surface area contributed by atoms with E-state index >= 15 is 0 Å². The van der Waals surface area contributed by atoms with Crippen LogP contribution in [0.4, 0.5) is 13.2 Å². The molecule has 2 rings (SSSR count). The zero-order valence-corrected chi connectivity index (χ0v) is 15.1. The highest BCUT2D eigenvalue weighted by molar-refractivity contribution is 7.91. The van der Waals surface area contributed by atoms with Crippen LogP contribution in [0.25, 0.3) is 0 Å². The average molecular weight is 394 g/mol. The van der Waals surface area contributed by atoms with Gasteiger partial charge in [0.05, 0.1) is 25.2 Å². The molecule has 0 aromatic heterocycles. The number of nitrogens with zero attached hydrogens (tertiary/aromatic N) is 1. The first-order valence-electron chi connectivity index (χ1n) is 7.99. The summed E-state index contributed by atoms with van der Waals surface area (Å²) < 4.78 is 65.3. The Balaban J connectivity index is 2.07.